The highest BCUT2D eigenvalue weighted by atomic mass is 19.1. The van der Waals surface area contributed by atoms with Crippen molar-refractivity contribution in [3.05, 3.63) is 23.5 Å². The third kappa shape index (κ3) is 2.95. The third-order valence-electron chi connectivity index (χ3n) is 3.55. The van der Waals surface area contributed by atoms with E-state index >= 15 is 0 Å². The maximum absolute atomic E-state index is 14.1. The summed E-state index contributed by atoms with van der Waals surface area (Å²) >= 11 is 0. The maximum Gasteiger partial charge on any atom is 0.171 e. The Balaban J connectivity index is 2.01. The van der Waals surface area contributed by atoms with Crippen LogP contribution in [-0.4, -0.2) is 13.2 Å². The van der Waals surface area contributed by atoms with E-state index in [-0.39, 0.29) is 5.82 Å². The topological polar surface area (TPSA) is 18.5 Å². The van der Waals surface area contributed by atoms with Gasteiger partial charge in [0, 0.05) is 5.56 Å². The zero-order chi connectivity index (χ0) is 13.0. The molecule has 0 radical (unpaired) electrons. The Labute approximate surface area is 108 Å². The van der Waals surface area contributed by atoms with Crippen molar-refractivity contribution in [1.29, 1.82) is 0 Å². The monoisotopic (exact) mass is 252 g/mol. The van der Waals surface area contributed by atoms with Crippen LogP contribution in [-0.2, 0) is 0 Å². The Morgan fingerprint density at radius 3 is 2.50 bits per heavy atom. The molecule has 0 unspecified atom stereocenters. The third-order valence-corrected chi connectivity index (χ3v) is 3.55. The molecule has 1 fully saturated rings. The van der Waals surface area contributed by atoms with Crippen LogP contribution in [0, 0.1) is 18.7 Å². The summed E-state index contributed by atoms with van der Waals surface area (Å²) in [6.45, 7) is 4.79. The summed E-state index contributed by atoms with van der Waals surface area (Å²) in [6, 6.07) is 3.45. The molecule has 1 aromatic carbocycles. The number of ether oxygens (including phenoxy) is 2. The Morgan fingerprint density at radius 1 is 1.17 bits per heavy atom. The first-order chi connectivity index (χ1) is 8.72. The smallest absolute Gasteiger partial charge is 0.171 e. The molecule has 0 amide bonds. The molecule has 1 aliphatic rings. The van der Waals surface area contributed by atoms with Crippen molar-refractivity contribution in [2.75, 3.05) is 13.2 Å². The highest BCUT2D eigenvalue weighted by Crippen LogP contribution is 2.30. The van der Waals surface area contributed by atoms with Crippen LogP contribution in [0.1, 0.15) is 38.2 Å². The fourth-order valence-corrected chi connectivity index (χ4v) is 2.45. The molecular weight excluding hydrogens is 231 g/mol. The second-order valence-corrected chi connectivity index (χ2v) is 4.90. The van der Waals surface area contributed by atoms with Gasteiger partial charge in [-0.25, -0.2) is 4.39 Å². The zero-order valence-corrected chi connectivity index (χ0v) is 11.2. The fourth-order valence-electron chi connectivity index (χ4n) is 2.45. The van der Waals surface area contributed by atoms with Crippen LogP contribution in [0.25, 0.3) is 0 Å². The van der Waals surface area contributed by atoms with Gasteiger partial charge in [-0.05, 0) is 44.7 Å². The summed E-state index contributed by atoms with van der Waals surface area (Å²) in [7, 11) is 0. The lowest BCUT2D eigenvalue weighted by molar-refractivity contribution is 0.240. The highest BCUT2D eigenvalue weighted by molar-refractivity contribution is 5.41. The van der Waals surface area contributed by atoms with Crippen molar-refractivity contribution in [2.45, 2.75) is 39.5 Å². The molecule has 1 aromatic rings. The quantitative estimate of drug-likeness (QED) is 0.785. The number of halogens is 1. The molecule has 1 aliphatic carbocycles. The average Bonchev–Trinajstić information content (AvgIpc) is 2.87. The van der Waals surface area contributed by atoms with Gasteiger partial charge >= 0.3 is 0 Å². The Morgan fingerprint density at radius 2 is 1.83 bits per heavy atom. The van der Waals surface area contributed by atoms with E-state index in [4.69, 9.17) is 9.47 Å². The van der Waals surface area contributed by atoms with E-state index in [1.165, 1.54) is 25.7 Å². The standard InChI is InChI=1S/C15H21FO2/c1-3-17-13-8-9-14(15(16)11(13)2)18-10-12-6-4-5-7-12/h8-9,12H,3-7,10H2,1-2H3. The van der Waals surface area contributed by atoms with Gasteiger partial charge < -0.3 is 9.47 Å². The molecule has 0 aliphatic heterocycles. The van der Waals surface area contributed by atoms with Gasteiger partial charge in [0.05, 0.1) is 13.2 Å². The first-order valence-corrected chi connectivity index (χ1v) is 6.77. The van der Waals surface area contributed by atoms with Crippen LogP contribution in [0.2, 0.25) is 0 Å². The molecule has 0 bridgehead atoms. The predicted molar refractivity (Wildman–Crippen MR) is 69.8 cm³/mol. The Bertz CT molecular complexity index is 398. The lowest BCUT2D eigenvalue weighted by Crippen LogP contribution is -2.09. The van der Waals surface area contributed by atoms with E-state index in [2.05, 4.69) is 0 Å². The van der Waals surface area contributed by atoms with Gasteiger partial charge in [0.25, 0.3) is 0 Å². The van der Waals surface area contributed by atoms with Gasteiger partial charge in [0.15, 0.2) is 11.6 Å². The van der Waals surface area contributed by atoms with E-state index < -0.39 is 0 Å². The summed E-state index contributed by atoms with van der Waals surface area (Å²) in [5.41, 5.74) is 0.528. The van der Waals surface area contributed by atoms with Crippen LogP contribution in [0.3, 0.4) is 0 Å². The minimum atomic E-state index is -0.293. The van der Waals surface area contributed by atoms with Gasteiger partial charge in [-0.1, -0.05) is 12.8 Å². The molecule has 0 spiro atoms. The van der Waals surface area contributed by atoms with Crippen molar-refractivity contribution in [2.24, 2.45) is 5.92 Å². The molecule has 1 saturated carbocycles. The second-order valence-electron chi connectivity index (χ2n) is 4.90. The number of benzene rings is 1. The van der Waals surface area contributed by atoms with E-state index in [9.17, 15) is 4.39 Å². The largest absolute Gasteiger partial charge is 0.493 e. The van der Waals surface area contributed by atoms with Crippen molar-refractivity contribution in [3.63, 3.8) is 0 Å². The molecule has 100 valence electrons. The van der Waals surface area contributed by atoms with Crippen LogP contribution < -0.4 is 9.47 Å². The highest BCUT2D eigenvalue weighted by Gasteiger charge is 2.17. The van der Waals surface area contributed by atoms with Gasteiger partial charge in [0.1, 0.15) is 5.75 Å². The minimum Gasteiger partial charge on any atom is -0.493 e. The SMILES string of the molecule is CCOc1ccc(OCC2CCCC2)c(F)c1C. The number of hydrogen-bond donors (Lipinski definition) is 0. The lowest BCUT2D eigenvalue weighted by atomic mass is 10.1. The predicted octanol–water partition coefficient (Wildman–Crippen LogP) is 4.10. The molecule has 2 nitrogen and oxygen atoms in total. The first-order valence-electron chi connectivity index (χ1n) is 6.77. The second kappa shape index (κ2) is 6.07. The Kier molecular flexibility index (Phi) is 4.45. The normalized spacial score (nSPS) is 15.9. The molecule has 0 atom stereocenters. The maximum atomic E-state index is 14.1. The van der Waals surface area contributed by atoms with Gasteiger partial charge in [-0.15, -0.1) is 0 Å². The van der Waals surface area contributed by atoms with Gasteiger partial charge in [-0.2, -0.15) is 0 Å². The molecule has 2 rings (SSSR count). The van der Waals surface area contributed by atoms with Crippen LogP contribution in [0.5, 0.6) is 11.5 Å². The van der Waals surface area contributed by atoms with Crippen molar-refractivity contribution < 1.29 is 13.9 Å². The van der Waals surface area contributed by atoms with Crippen LogP contribution in [0.15, 0.2) is 12.1 Å². The first kappa shape index (κ1) is 13.2. The summed E-state index contributed by atoms with van der Waals surface area (Å²) < 4.78 is 25.0. The van der Waals surface area contributed by atoms with E-state index in [1.54, 1.807) is 19.1 Å². The molecule has 18 heavy (non-hydrogen) atoms. The molecule has 0 heterocycles. The van der Waals surface area contributed by atoms with Crippen molar-refractivity contribution >= 4 is 0 Å². The lowest BCUT2D eigenvalue weighted by Gasteiger charge is -2.14. The summed E-state index contributed by atoms with van der Waals surface area (Å²) in [5.74, 6) is 1.25. The number of hydrogen-bond acceptors (Lipinski definition) is 2. The van der Waals surface area contributed by atoms with Gasteiger partial charge in [-0.3, -0.25) is 0 Å². The molecule has 3 heteroatoms. The van der Waals surface area contributed by atoms with E-state index in [0.29, 0.717) is 36.2 Å². The number of rotatable bonds is 5. The van der Waals surface area contributed by atoms with Crippen molar-refractivity contribution in [3.8, 4) is 11.5 Å². The fraction of sp³-hybridized carbons (Fsp3) is 0.600. The molecule has 0 aromatic heterocycles. The average molecular weight is 252 g/mol. The van der Waals surface area contributed by atoms with Crippen LogP contribution >= 0.6 is 0 Å². The molecular formula is C15H21FO2. The molecule has 0 saturated heterocycles. The van der Waals surface area contributed by atoms with Gasteiger partial charge in [0.2, 0.25) is 0 Å². The zero-order valence-electron chi connectivity index (χ0n) is 11.2. The Hall–Kier alpha value is -1.25. The minimum absolute atomic E-state index is 0.293. The summed E-state index contributed by atoms with van der Waals surface area (Å²) in [6.07, 6.45) is 4.97. The molecule has 0 N–H and O–H groups in total. The van der Waals surface area contributed by atoms with E-state index in [0.717, 1.165) is 0 Å². The van der Waals surface area contributed by atoms with Crippen LogP contribution in [0.4, 0.5) is 4.39 Å². The van der Waals surface area contributed by atoms with Crippen molar-refractivity contribution in [1.82, 2.24) is 0 Å². The summed E-state index contributed by atoms with van der Waals surface area (Å²) in [5, 5.41) is 0. The van der Waals surface area contributed by atoms with E-state index in [1.807, 2.05) is 6.92 Å². The summed E-state index contributed by atoms with van der Waals surface area (Å²) in [4.78, 5) is 0.